The van der Waals surface area contributed by atoms with Crippen LogP contribution in [0.1, 0.15) is 44.9 Å². The zero-order chi connectivity index (χ0) is 13.3. The van der Waals surface area contributed by atoms with Crippen LogP contribution in [0, 0.1) is 17.3 Å². The molecule has 2 aliphatic carbocycles. The molecular formula is C15H26N4. The van der Waals surface area contributed by atoms with Gasteiger partial charge < -0.3 is 5.32 Å². The van der Waals surface area contributed by atoms with Crippen LogP contribution in [0.15, 0.2) is 6.33 Å². The van der Waals surface area contributed by atoms with Crippen LogP contribution < -0.4 is 5.32 Å². The van der Waals surface area contributed by atoms with E-state index in [-0.39, 0.29) is 0 Å². The van der Waals surface area contributed by atoms with Gasteiger partial charge in [0.05, 0.1) is 0 Å². The SMILES string of the molecule is CCCn1ncnc1CC1(CNC)CC2CCC1C2. The molecule has 3 rings (SSSR count). The Morgan fingerprint density at radius 3 is 3.00 bits per heavy atom. The second kappa shape index (κ2) is 5.23. The summed E-state index contributed by atoms with van der Waals surface area (Å²) in [6, 6.07) is 0. The van der Waals surface area contributed by atoms with Crippen molar-refractivity contribution in [1.29, 1.82) is 0 Å². The van der Waals surface area contributed by atoms with E-state index in [4.69, 9.17) is 0 Å². The molecule has 4 heteroatoms. The molecule has 2 fully saturated rings. The molecule has 1 N–H and O–H groups in total. The van der Waals surface area contributed by atoms with Gasteiger partial charge in [-0.2, -0.15) is 5.10 Å². The third kappa shape index (κ3) is 2.31. The molecule has 1 aromatic heterocycles. The highest BCUT2D eigenvalue weighted by Crippen LogP contribution is 2.56. The van der Waals surface area contributed by atoms with Gasteiger partial charge >= 0.3 is 0 Å². The van der Waals surface area contributed by atoms with Crippen molar-refractivity contribution < 1.29 is 0 Å². The number of hydrogen-bond donors (Lipinski definition) is 1. The molecule has 2 aliphatic rings. The minimum Gasteiger partial charge on any atom is -0.319 e. The molecule has 19 heavy (non-hydrogen) atoms. The molecule has 0 radical (unpaired) electrons. The van der Waals surface area contributed by atoms with Gasteiger partial charge in [0.25, 0.3) is 0 Å². The maximum atomic E-state index is 4.53. The van der Waals surface area contributed by atoms with Crippen LogP contribution in [-0.4, -0.2) is 28.4 Å². The highest BCUT2D eigenvalue weighted by Gasteiger charge is 2.50. The van der Waals surface area contributed by atoms with E-state index in [1.807, 2.05) is 0 Å². The van der Waals surface area contributed by atoms with E-state index in [0.29, 0.717) is 5.41 Å². The minimum atomic E-state index is 0.441. The summed E-state index contributed by atoms with van der Waals surface area (Å²) < 4.78 is 2.11. The predicted octanol–water partition coefficient (Wildman–Crippen LogP) is 2.26. The topological polar surface area (TPSA) is 42.7 Å². The van der Waals surface area contributed by atoms with Crippen LogP contribution in [-0.2, 0) is 13.0 Å². The molecule has 2 bridgehead atoms. The van der Waals surface area contributed by atoms with E-state index >= 15 is 0 Å². The fraction of sp³-hybridized carbons (Fsp3) is 0.867. The summed E-state index contributed by atoms with van der Waals surface area (Å²) in [6.45, 7) is 4.33. The van der Waals surface area contributed by atoms with Crippen LogP contribution in [0.25, 0.3) is 0 Å². The van der Waals surface area contributed by atoms with Crippen molar-refractivity contribution in [3.05, 3.63) is 12.2 Å². The van der Waals surface area contributed by atoms with Crippen molar-refractivity contribution in [1.82, 2.24) is 20.1 Å². The predicted molar refractivity (Wildman–Crippen MR) is 75.8 cm³/mol. The van der Waals surface area contributed by atoms with E-state index in [1.165, 1.54) is 31.5 Å². The lowest BCUT2D eigenvalue weighted by molar-refractivity contribution is 0.154. The second-order valence-electron chi connectivity index (χ2n) is 6.55. The number of nitrogens with one attached hydrogen (secondary N) is 1. The van der Waals surface area contributed by atoms with Crippen molar-refractivity contribution in [3.8, 4) is 0 Å². The number of nitrogens with zero attached hydrogens (tertiary/aromatic N) is 3. The maximum absolute atomic E-state index is 4.53. The number of aromatic nitrogens is 3. The van der Waals surface area contributed by atoms with E-state index in [2.05, 4.69) is 34.1 Å². The smallest absolute Gasteiger partial charge is 0.138 e. The summed E-state index contributed by atoms with van der Waals surface area (Å²) in [4.78, 5) is 4.53. The fourth-order valence-corrected chi connectivity index (χ4v) is 4.54. The van der Waals surface area contributed by atoms with Gasteiger partial charge in [0.1, 0.15) is 12.2 Å². The first-order chi connectivity index (χ1) is 9.27. The van der Waals surface area contributed by atoms with Crippen molar-refractivity contribution in [2.24, 2.45) is 17.3 Å². The molecule has 106 valence electrons. The second-order valence-corrected chi connectivity index (χ2v) is 6.55. The lowest BCUT2D eigenvalue weighted by Gasteiger charge is -2.37. The number of aryl methyl sites for hydroxylation is 1. The zero-order valence-corrected chi connectivity index (χ0v) is 12.2. The summed E-state index contributed by atoms with van der Waals surface area (Å²) in [5.41, 5.74) is 0.441. The van der Waals surface area contributed by atoms with Gasteiger partial charge in [0, 0.05) is 19.5 Å². The summed E-state index contributed by atoms with van der Waals surface area (Å²) in [6.07, 6.45) is 9.68. The molecular weight excluding hydrogens is 236 g/mol. The average Bonchev–Trinajstić information content (AvgIpc) is 3.07. The van der Waals surface area contributed by atoms with Crippen molar-refractivity contribution >= 4 is 0 Å². The Labute approximate surface area is 116 Å². The highest BCUT2D eigenvalue weighted by molar-refractivity contribution is 5.06. The van der Waals surface area contributed by atoms with Gasteiger partial charge in [-0.1, -0.05) is 13.3 Å². The molecule has 0 aliphatic heterocycles. The first-order valence-corrected chi connectivity index (χ1v) is 7.78. The van der Waals surface area contributed by atoms with Gasteiger partial charge in [-0.15, -0.1) is 0 Å². The van der Waals surface area contributed by atoms with E-state index in [9.17, 15) is 0 Å². The third-order valence-electron chi connectivity index (χ3n) is 5.27. The lowest BCUT2D eigenvalue weighted by atomic mass is 9.70. The maximum Gasteiger partial charge on any atom is 0.138 e. The Balaban J connectivity index is 1.80. The molecule has 1 aromatic rings. The van der Waals surface area contributed by atoms with Crippen LogP contribution in [0.4, 0.5) is 0 Å². The molecule has 0 spiro atoms. The molecule has 0 amide bonds. The average molecular weight is 262 g/mol. The normalized spacial score (nSPS) is 33.2. The minimum absolute atomic E-state index is 0.441. The molecule has 2 saturated carbocycles. The quantitative estimate of drug-likeness (QED) is 0.855. The monoisotopic (exact) mass is 262 g/mol. The Morgan fingerprint density at radius 1 is 1.47 bits per heavy atom. The first kappa shape index (κ1) is 13.1. The molecule has 3 atom stereocenters. The van der Waals surface area contributed by atoms with E-state index in [0.717, 1.165) is 37.8 Å². The Bertz CT molecular complexity index is 428. The van der Waals surface area contributed by atoms with Crippen LogP contribution in [0.5, 0.6) is 0 Å². The Hall–Kier alpha value is -0.900. The van der Waals surface area contributed by atoms with E-state index in [1.54, 1.807) is 6.33 Å². The third-order valence-corrected chi connectivity index (χ3v) is 5.27. The number of fused-ring (bicyclic) bond motifs is 2. The number of rotatable bonds is 6. The zero-order valence-electron chi connectivity index (χ0n) is 12.2. The van der Waals surface area contributed by atoms with Crippen molar-refractivity contribution in [2.45, 2.75) is 52.0 Å². The van der Waals surface area contributed by atoms with Gasteiger partial charge in [0.15, 0.2) is 0 Å². The Morgan fingerprint density at radius 2 is 2.37 bits per heavy atom. The summed E-state index contributed by atoms with van der Waals surface area (Å²) in [7, 11) is 2.09. The lowest BCUT2D eigenvalue weighted by Crippen LogP contribution is -2.40. The van der Waals surface area contributed by atoms with Crippen molar-refractivity contribution in [3.63, 3.8) is 0 Å². The highest BCUT2D eigenvalue weighted by atomic mass is 15.3. The molecule has 1 heterocycles. The first-order valence-electron chi connectivity index (χ1n) is 7.78. The van der Waals surface area contributed by atoms with Crippen molar-refractivity contribution in [2.75, 3.05) is 13.6 Å². The Kier molecular flexibility index (Phi) is 3.61. The standard InChI is InChI=1S/C15H26N4/c1-3-6-19-14(17-11-18-19)9-15(10-16-2)8-12-4-5-13(15)7-12/h11-13,16H,3-10H2,1-2H3. The van der Waals surface area contributed by atoms with Gasteiger partial charge in [0.2, 0.25) is 0 Å². The molecule has 3 unspecified atom stereocenters. The largest absolute Gasteiger partial charge is 0.319 e. The van der Waals surface area contributed by atoms with Crippen LogP contribution in [0.3, 0.4) is 0 Å². The summed E-state index contributed by atoms with van der Waals surface area (Å²) in [5, 5.41) is 7.83. The molecule has 0 aromatic carbocycles. The molecule has 4 nitrogen and oxygen atoms in total. The van der Waals surface area contributed by atoms with Gasteiger partial charge in [-0.3, -0.25) is 4.68 Å². The number of hydrogen-bond acceptors (Lipinski definition) is 3. The van der Waals surface area contributed by atoms with Crippen LogP contribution >= 0.6 is 0 Å². The molecule has 0 saturated heterocycles. The summed E-state index contributed by atoms with van der Waals surface area (Å²) >= 11 is 0. The van der Waals surface area contributed by atoms with Gasteiger partial charge in [-0.05, 0) is 50.0 Å². The summed E-state index contributed by atoms with van der Waals surface area (Å²) in [5.74, 6) is 3.07. The fourth-order valence-electron chi connectivity index (χ4n) is 4.54. The van der Waals surface area contributed by atoms with Crippen LogP contribution in [0.2, 0.25) is 0 Å². The van der Waals surface area contributed by atoms with Gasteiger partial charge in [-0.25, -0.2) is 4.98 Å². The van der Waals surface area contributed by atoms with E-state index < -0.39 is 0 Å².